The van der Waals surface area contributed by atoms with Gasteiger partial charge in [0.2, 0.25) is 11.7 Å². The van der Waals surface area contributed by atoms with Crippen molar-refractivity contribution in [2.24, 2.45) is 11.8 Å². The molecule has 164 valence electrons. The van der Waals surface area contributed by atoms with E-state index in [1.807, 2.05) is 26.0 Å². The molecule has 4 fully saturated rings. The monoisotopic (exact) mass is 430 g/mol. The normalized spacial score (nSPS) is 30.4. The van der Waals surface area contributed by atoms with Gasteiger partial charge in [0.15, 0.2) is 0 Å². The van der Waals surface area contributed by atoms with Crippen LogP contribution in [-0.4, -0.2) is 36.5 Å². The van der Waals surface area contributed by atoms with E-state index in [9.17, 15) is 4.79 Å². The smallest absolute Gasteiger partial charge is 0.271 e. The van der Waals surface area contributed by atoms with Crippen molar-refractivity contribution in [1.29, 1.82) is 0 Å². The van der Waals surface area contributed by atoms with E-state index in [4.69, 9.17) is 9.51 Å². The van der Waals surface area contributed by atoms with Crippen LogP contribution < -0.4 is 5.32 Å². The summed E-state index contributed by atoms with van der Waals surface area (Å²) in [5, 5.41) is 7.65. The van der Waals surface area contributed by atoms with Crippen LogP contribution in [0.25, 0.3) is 11.4 Å². The van der Waals surface area contributed by atoms with Gasteiger partial charge in [-0.05, 0) is 76.3 Å². The molecule has 2 unspecified atom stereocenters. The third kappa shape index (κ3) is 3.20. The molecule has 0 radical (unpaired) electrons. The van der Waals surface area contributed by atoms with Crippen LogP contribution in [-0.2, 0) is 5.41 Å². The quantitative estimate of drug-likeness (QED) is 0.674. The highest BCUT2D eigenvalue weighted by atomic mass is 16.5. The summed E-state index contributed by atoms with van der Waals surface area (Å²) < 4.78 is 5.86. The number of nitrogens with zero attached hydrogens (tertiary/aromatic N) is 5. The number of hydrogen-bond acceptors (Lipinski definition) is 7. The van der Waals surface area contributed by atoms with Crippen LogP contribution in [0.4, 0.5) is 0 Å². The Morgan fingerprint density at radius 1 is 1.03 bits per heavy atom. The fourth-order valence-corrected chi connectivity index (χ4v) is 6.69. The van der Waals surface area contributed by atoms with E-state index in [0.29, 0.717) is 29.2 Å². The Bertz CT molecular complexity index is 1170. The van der Waals surface area contributed by atoms with Crippen molar-refractivity contribution in [3.05, 3.63) is 53.7 Å². The number of hydrogen-bond donors (Lipinski definition) is 1. The summed E-state index contributed by atoms with van der Waals surface area (Å²) in [6, 6.07) is 3.93. The number of nitrogens with one attached hydrogen (secondary N) is 1. The third-order valence-electron chi connectivity index (χ3n) is 7.48. The van der Waals surface area contributed by atoms with E-state index in [1.54, 1.807) is 18.6 Å². The summed E-state index contributed by atoms with van der Waals surface area (Å²) in [5.74, 6) is 2.25. The lowest BCUT2D eigenvalue weighted by molar-refractivity contribution is -0.0489. The van der Waals surface area contributed by atoms with E-state index >= 15 is 0 Å². The molecule has 8 heteroatoms. The highest BCUT2D eigenvalue weighted by Gasteiger charge is 2.61. The van der Waals surface area contributed by atoms with Crippen molar-refractivity contribution in [2.75, 3.05) is 0 Å². The van der Waals surface area contributed by atoms with Crippen molar-refractivity contribution < 1.29 is 9.32 Å². The van der Waals surface area contributed by atoms with Crippen LogP contribution in [0, 0.1) is 25.7 Å². The number of aryl methyl sites for hydroxylation is 2. The maximum atomic E-state index is 13.1. The molecule has 4 saturated carbocycles. The van der Waals surface area contributed by atoms with E-state index in [0.717, 1.165) is 49.1 Å². The zero-order valence-electron chi connectivity index (χ0n) is 18.3. The number of rotatable bonds is 4. The second-order valence-corrected chi connectivity index (χ2v) is 10.1. The Balaban J connectivity index is 1.30. The molecule has 4 aliphatic rings. The molecule has 32 heavy (non-hydrogen) atoms. The summed E-state index contributed by atoms with van der Waals surface area (Å²) in [7, 11) is 0. The van der Waals surface area contributed by atoms with Crippen molar-refractivity contribution in [2.45, 2.75) is 63.3 Å². The molecule has 1 N–H and O–H groups in total. The second kappa shape index (κ2) is 6.92. The number of amides is 1. The summed E-state index contributed by atoms with van der Waals surface area (Å²) in [6.07, 6.45) is 11.1. The molecule has 3 aromatic heterocycles. The first-order valence-corrected chi connectivity index (χ1v) is 11.3. The summed E-state index contributed by atoms with van der Waals surface area (Å²) in [4.78, 5) is 30.8. The fourth-order valence-electron chi connectivity index (χ4n) is 6.69. The van der Waals surface area contributed by atoms with Crippen molar-refractivity contribution in [3.8, 4) is 11.4 Å². The number of aromatic nitrogens is 5. The summed E-state index contributed by atoms with van der Waals surface area (Å²) in [5.41, 5.74) is 2.49. The van der Waals surface area contributed by atoms with E-state index in [-0.39, 0.29) is 16.9 Å². The van der Waals surface area contributed by atoms with Crippen molar-refractivity contribution >= 4 is 5.91 Å². The van der Waals surface area contributed by atoms with Crippen molar-refractivity contribution in [1.82, 2.24) is 30.4 Å². The highest BCUT2D eigenvalue weighted by Crippen LogP contribution is 2.62. The van der Waals surface area contributed by atoms with Gasteiger partial charge >= 0.3 is 0 Å². The summed E-state index contributed by atoms with van der Waals surface area (Å²) >= 11 is 0. The predicted molar refractivity (Wildman–Crippen MR) is 116 cm³/mol. The third-order valence-corrected chi connectivity index (χ3v) is 7.48. The first kappa shape index (κ1) is 19.5. The topological polar surface area (TPSA) is 107 Å². The maximum Gasteiger partial charge on any atom is 0.271 e. The molecule has 0 saturated heterocycles. The van der Waals surface area contributed by atoms with Gasteiger partial charge in [0, 0.05) is 29.2 Å². The molecular formula is C24H26N6O2. The molecule has 0 aliphatic heterocycles. The van der Waals surface area contributed by atoms with E-state index in [2.05, 4.69) is 25.4 Å². The predicted octanol–water partition coefficient (Wildman–Crippen LogP) is 3.56. The SMILES string of the molecule is Cc1ccc(-c2noc(C34CC5CC(CC(NC(=O)c6cncc(C)n6)(C5)C3)C4)n2)cn1. The molecule has 1 amide bonds. The van der Waals surface area contributed by atoms with Gasteiger partial charge in [0.05, 0.1) is 17.3 Å². The zero-order chi connectivity index (χ0) is 21.9. The number of carbonyl (C=O) groups is 1. The van der Waals surface area contributed by atoms with Crippen LogP contribution in [0.3, 0.4) is 0 Å². The van der Waals surface area contributed by atoms with Gasteiger partial charge in [-0.25, -0.2) is 4.98 Å². The van der Waals surface area contributed by atoms with E-state index in [1.165, 1.54) is 6.42 Å². The molecule has 8 nitrogen and oxygen atoms in total. The largest absolute Gasteiger partial charge is 0.345 e. The fraction of sp³-hybridized carbons (Fsp3) is 0.500. The molecule has 3 aromatic rings. The molecule has 3 heterocycles. The average Bonchev–Trinajstić information content (AvgIpc) is 3.24. The molecule has 7 rings (SSSR count). The Labute approximate surface area is 186 Å². The van der Waals surface area contributed by atoms with Gasteiger partial charge in [0.25, 0.3) is 5.91 Å². The maximum absolute atomic E-state index is 13.1. The lowest BCUT2D eigenvalue weighted by atomic mass is 9.46. The molecule has 0 spiro atoms. The zero-order valence-corrected chi connectivity index (χ0v) is 18.3. The van der Waals surface area contributed by atoms with Gasteiger partial charge in [0.1, 0.15) is 5.69 Å². The van der Waals surface area contributed by atoms with Gasteiger partial charge in [-0.15, -0.1) is 0 Å². The van der Waals surface area contributed by atoms with Crippen LogP contribution in [0.15, 0.2) is 35.2 Å². The molecule has 0 aromatic carbocycles. The lowest BCUT2D eigenvalue weighted by Gasteiger charge is -2.60. The van der Waals surface area contributed by atoms with Gasteiger partial charge in [-0.1, -0.05) is 5.16 Å². The minimum atomic E-state index is -0.257. The highest BCUT2D eigenvalue weighted by molar-refractivity contribution is 5.92. The molecule has 4 aliphatic carbocycles. The Hall–Kier alpha value is -3.16. The van der Waals surface area contributed by atoms with Gasteiger partial charge in [-0.2, -0.15) is 4.98 Å². The van der Waals surface area contributed by atoms with Crippen molar-refractivity contribution in [3.63, 3.8) is 0 Å². The second-order valence-electron chi connectivity index (χ2n) is 10.1. The molecular weight excluding hydrogens is 404 g/mol. The minimum absolute atomic E-state index is 0.143. The van der Waals surface area contributed by atoms with Crippen LogP contribution in [0.5, 0.6) is 0 Å². The van der Waals surface area contributed by atoms with Gasteiger partial charge in [-0.3, -0.25) is 14.8 Å². The standard InChI is InChI=1S/C24H26N6O2/c1-14-3-4-18(11-26-14)20-28-22(32-30-20)23-6-16-5-17(7-23)9-24(8-16,13-23)29-21(31)19-12-25-10-15(2)27-19/h3-4,10-12,16-17H,5-9,13H2,1-2H3,(H,29,31). The summed E-state index contributed by atoms with van der Waals surface area (Å²) in [6.45, 7) is 3.80. The van der Waals surface area contributed by atoms with Crippen LogP contribution in [0.2, 0.25) is 0 Å². The number of carbonyl (C=O) groups excluding carboxylic acids is 1. The number of pyridine rings is 1. The Morgan fingerprint density at radius 2 is 1.84 bits per heavy atom. The lowest BCUT2D eigenvalue weighted by Crippen LogP contribution is -2.64. The Kier molecular flexibility index (Phi) is 4.22. The first-order chi connectivity index (χ1) is 15.4. The average molecular weight is 431 g/mol. The molecule has 4 bridgehead atoms. The van der Waals surface area contributed by atoms with Crippen LogP contribution >= 0.6 is 0 Å². The molecule has 2 atom stereocenters. The first-order valence-electron chi connectivity index (χ1n) is 11.3. The Morgan fingerprint density at radius 3 is 2.56 bits per heavy atom. The van der Waals surface area contributed by atoms with Gasteiger partial charge < -0.3 is 9.84 Å². The minimum Gasteiger partial charge on any atom is -0.345 e. The van der Waals surface area contributed by atoms with E-state index < -0.39 is 0 Å². The van der Waals surface area contributed by atoms with Crippen LogP contribution in [0.1, 0.15) is 66.3 Å².